The zero-order valence-electron chi connectivity index (χ0n) is 20.4. The van der Waals surface area contributed by atoms with Crippen LogP contribution in [0.2, 0.25) is 0 Å². The molecule has 0 saturated heterocycles. The van der Waals surface area contributed by atoms with E-state index in [2.05, 4.69) is 10.6 Å². The van der Waals surface area contributed by atoms with Gasteiger partial charge in [0.2, 0.25) is 11.8 Å². The Morgan fingerprint density at radius 2 is 1.66 bits per heavy atom. The predicted octanol–water partition coefficient (Wildman–Crippen LogP) is 2.94. The summed E-state index contributed by atoms with van der Waals surface area (Å²) in [7, 11) is 0. The van der Waals surface area contributed by atoms with Gasteiger partial charge in [-0.2, -0.15) is 0 Å². The molecule has 2 atom stereocenters. The van der Waals surface area contributed by atoms with Gasteiger partial charge in [0.15, 0.2) is 0 Å². The summed E-state index contributed by atoms with van der Waals surface area (Å²) in [5.74, 6) is -0.872. The van der Waals surface area contributed by atoms with Gasteiger partial charge in [-0.3, -0.25) is 9.59 Å². The summed E-state index contributed by atoms with van der Waals surface area (Å²) in [4.78, 5) is 40.2. The highest BCUT2D eigenvalue weighted by Crippen LogP contribution is 2.24. The zero-order valence-corrected chi connectivity index (χ0v) is 20.4. The van der Waals surface area contributed by atoms with E-state index in [1.54, 1.807) is 20.8 Å². The van der Waals surface area contributed by atoms with Gasteiger partial charge in [0, 0.05) is 12.6 Å². The number of nitrogens with zero attached hydrogens (tertiary/aromatic N) is 1. The predicted molar refractivity (Wildman–Crippen MR) is 124 cm³/mol. The Hall–Kier alpha value is -2.61. The highest BCUT2D eigenvalue weighted by atomic mass is 16.6. The van der Waals surface area contributed by atoms with Gasteiger partial charge in [-0.25, -0.2) is 4.79 Å². The lowest BCUT2D eigenvalue weighted by atomic mass is 10.00. The standard InChI is InChI=1S/C24H39N3O5/c1-8-14-27(22(30)19(15-28)26-23(31)32-24(5,6)7)20(21(29)25-16(3)4)18-12-10-17(9-2)11-13-18/h10-13,16,19-20,28H,8-9,14-15H2,1-7H3,(H,25,29)(H,26,31). The third kappa shape index (κ3) is 8.49. The summed E-state index contributed by atoms with van der Waals surface area (Å²) in [6.45, 7) is 12.4. The molecule has 0 aliphatic rings. The molecular weight excluding hydrogens is 410 g/mol. The maximum absolute atomic E-state index is 13.4. The Kier molecular flexibility index (Phi) is 10.7. The molecule has 0 aromatic heterocycles. The maximum Gasteiger partial charge on any atom is 0.408 e. The molecule has 3 amide bonds. The van der Waals surface area contributed by atoms with Crippen LogP contribution in [0.15, 0.2) is 24.3 Å². The summed E-state index contributed by atoms with van der Waals surface area (Å²) in [6.07, 6.45) is 0.638. The second-order valence-corrected chi connectivity index (χ2v) is 9.07. The monoisotopic (exact) mass is 449 g/mol. The van der Waals surface area contributed by atoms with Crippen LogP contribution in [0.5, 0.6) is 0 Å². The molecule has 0 heterocycles. The average Bonchev–Trinajstić information content (AvgIpc) is 2.69. The third-order valence-electron chi connectivity index (χ3n) is 4.61. The second kappa shape index (κ2) is 12.4. The normalized spacial score (nSPS) is 13.3. The quantitative estimate of drug-likeness (QED) is 0.509. The number of aryl methyl sites for hydroxylation is 1. The van der Waals surface area contributed by atoms with Crippen LogP contribution in [-0.4, -0.2) is 58.8 Å². The van der Waals surface area contributed by atoms with Crippen LogP contribution in [0.4, 0.5) is 4.79 Å². The molecule has 8 nitrogen and oxygen atoms in total. The van der Waals surface area contributed by atoms with E-state index in [0.717, 1.165) is 12.0 Å². The van der Waals surface area contributed by atoms with E-state index in [-0.39, 0.29) is 18.5 Å². The van der Waals surface area contributed by atoms with Crippen LogP contribution in [0.3, 0.4) is 0 Å². The van der Waals surface area contributed by atoms with Crippen molar-refractivity contribution in [1.82, 2.24) is 15.5 Å². The topological polar surface area (TPSA) is 108 Å². The number of rotatable bonds is 10. The number of carbonyl (C=O) groups is 3. The number of aliphatic hydroxyl groups is 1. The van der Waals surface area contributed by atoms with E-state index in [4.69, 9.17) is 4.74 Å². The van der Waals surface area contributed by atoms with Crippen molar-refractivity contribution < 1.29 is 24.2 Å². The van der Waals surface area contributed by atoms with E-state index in [0.29, 0.717) is 12.0 Å². The lowest BCUT2D eigenvalue weighted by molar-refractivity contribution is -0.143. The molecule has 1 aromatic carbocycles. The van der Waals surface area contributed by atoms with Crippen molar-refractivity contribution in [3.8, 4) is 0 Å². The molecule has 0 bridgehead atoms. The molecule has 0 saturated carbocycles. The van der Waals surface area contributed by atoms with Crippen LogP contribution in [-0.2, 0) is 20.7 Å². The second-order valence-electron chi connectivity index (χ2n) is 9.07. The van der Waals surface area contributed by atoms with E-state index in [9.17, 15) is 19.5 Å². The lowest BCUT2D eigenvalue weighted by Gasteiger charge is -2.34. The first kappa shape index (κ1) is 27.4. The van der Waals surface area contributed by atoms with Crippen molar-refractivity contribution in [2.75, 3.05) is 13.2 Å². The minimum Gasteiger partial charge on any atom is -0.444 e. The molecule has 0 aliphatic carbocycles. The number of carbonyl (C=O) groups excluding carboxylic acids is 3. The number of aliphatic hydroxyl groups excluding tert-OH is 1. The third-order valence-corrected chi connectivity index (χ3v) is 4.61. The Labute approximate surface area is 191 Å². The van der Waals surface area contributed by atoms with Crippen LogP contribution in [0.25, 0.3) is 0 Å². The van der Waals surface area contributed by atoms with Gasteiger partial charge in [-0.1, -0.05) is 38.1 Å². The largest absolute Gasteiger partial charge is 0.444 e. The summed E-state index contributed by atoms with van der Waals surface area (Å²) in [5, 5.41) is 15.2. The number of benzene rings is 1. The fourth-order valence-electron chi connectivity index (χ4n) is 3.21. The fraction of sp³-hybridized carbons (Fsp3) is 0.625. The average molecular weight is 450 g/mol. The van der Waals surface area contributed by atoms with Crippen molar-refractivity contribution in [1.29, 1.82) is 0 Å². The summed E-state index contributed by atoms with van der Waals surface area (Å²) in [6, 6.07) is 5.30. The van der Waals surface area contributed by atoms with E-state index < -0.39 is 36.3 Å². The van der Waals surface area contributed by atoms with Crippen molar-refractivity contribution >= 4 is 17.9 Å². The molecule has 3 N–H and O–H groups in total. The number of alkyl carbamates (subject to hydrolysis) is 1. The zero-order chi connectivity index (χ0) is 24.5. The number of ether oxygens (including phenoxy) is 1. The number of hydrogen-bond donors (Lipinski definition) is 3. The molecular formula is C24H39N3O5. The minimum absolute atomic E-state index is 0.118. The highest BCUT2D eigenvalue weighted by molar-refractivity contribution is 5.92. The van der Waals surface area contributed by atoms with Crippen molar-refractivity contribution in [3.05, 3.63) is 35.4 Å². The summed E-state index contributed by atoms with van der Waals surface area (Å²) >= 11 is 0. The van der Waals surface area contributed by atoms with Crippen LogP contribution < -0.4 is 10.6 Å². The van der Waals surface area contributed by atoms with E-state index in [1.807, 2.05) is 52.0 Å². The smallest absolute Gasteiger partial charge is 0.408 e. The Morgan fingerprint density at radius 1 is 1.06 bits per heavy atom. The molecule has 8 heteroatoms. The lowest BCUT2D eigenvalue weighted by Crippen LogP contribution is -2.54. The minimum atomic E-state index is -1.24. The fourth-order valence-corrected chi connectivity index (χ4v) is 3.21. The van der Waals surface area contributed by atoms with Crippen molar-refractivity contribution in [2.45, 2.75) is 85.0 Å². The van der Waals surface area contributed by atoms with E-state index in [1.165, 1.54) is 4.90 Å². The SMILES string of the molecule is CCCN(C(=O)C(CO)NC(=O)OC(C)(C)C)C(C(=O)NC(C)C)c1ccc(CC)cc1. The molecule has 0 spiro atoms. The summed E-state index contributed by atoms with van der Waals surface area (Å²) in [5.41, 5.74) is 1.03. The van der Waals surface area contributed by atoms with Gasteiger partial charge >= 0.3 is 6.09 Å². The van der Waals surface area contributed by atoms with Gasteiger partial charge in [0.25, 0.3) is 0 Å². The van der Waals surface area contributed by atoms with Crippen LogP contribution in [0.1, 0.15) is 72.1 Å². The molecule has 32 heavy (non-hydrogen) atoms. The van der Waals surface area contributed by atoms with Crippen molar-refractivity contribution in [3.63, 3.8) is 0 Å². The van der Waals surface area contributed by atoms with Gasteiger partial charge in [0.1, 0.15) is 17.7 Å². The van der Waals surface area contributed by atoms with E-state index >= 15 is 0 Å². The molecule has 0 radical (unpaired) electrons. The van der Waals surface area contributed by atoms with Crippen LogP contribution in [0, 0.1) is 0 Å². The molecule has 1 aromatic rings. The highest BCUT2D eigenvalue weighted by Gasteiger charge is 2.35. The van der Waals surface area contributed by atoms with Gasteiger partial charge < -0.3 is 25.4 Å². The number of hydrogen-bond acceptors (Lipinski definition) is 5. The van der Waals surface area contributed by atoms with Crippen molar-refractivity contribution in [2.24, 2.45) is 0 Å². The van der Waals surface area contributed by atoms with Crippen LogP contribution >= 0.6 is 0 Å². The first-order valence-corrected chi connectivity index (χ1v) is 11.2. The molecule has 2 unspecified atom stereocenters. The molecule has 1 rings (SSSR count). The Bertz CT molecular complexity index is 756. The Morgan fingerprint density at radius 3 is 2.09 bits per heavy atom. The number of nitrogens with one attached hydrogen (secondary N) is 2. The molecule has 0 fully saturated rings. The molecule has 180 valence electrons. The Balaban J connectivity index is 3.30. The first-order chi connectivity index (χ1) is 14.9. The summed E-state index contributed by atoms with van der Waals surface area (Å²) < 4.78 is 5.22. The van der Waals surface area contributed by atoms with Gasteiger partial charge in [-0.05, 0) is 58.6 Å². The maximum atomic E-state index is 13.4. The van der Waals surface area contributed by atoms with Gasteiger partial charge in [-0.15, -0.1) is 0 Å². The van der Waals surface area contributed by atoms with Gasteiger partial charge in [0.05, 0.1) is 6.61 Å². The first-order valence-electron chi connectivity index (χ1n) is 11.2. The molecule has 0 aliphatic heterocycles. The number of amides is 3.